The highest BCUT2D eigenvalue weighted by atomic mass is 35.5. The van der Waals surface area contributed by atoms with Gasteiger partial charge in [-0.15, -0.1) is 10.2 Å². The van der Waals surface area contributed by atoms with E-state index in [-0.39, 0.29) is 11.6 Å². The molecule has 0 aliphatic carbocycles. The average molecular weight is 327 g/mol. The zero-order chi connectivity index (χ0) is 16.2. The lowest BCUT2D eigenvalue weighted by molar-refractivity contribution is 0.251. The molecule has 0 fully saturated rings. The van der Waals surface area contributed by atoms with Crippen LogP contribution in [0.3, 0.4) is 0 Å². The third-order valence-corrected chi connectivity index (χ3v) is 3.45. The number of hydrogen-bond donors (Lipinski definition) is 2. The quantitative estimate of drug-likeness (QED) is 0.773. The van der Waals surface area contributed by atoms with Gasteiger partial charge in [0.15, 0.2) is 11.5 Å². The molecule has 23 heavy (non-hydrogen) atoms. The fourth-order valence-corrected chi connectivity index (χ4v) is 2.25. The molecule has 0 atom stereocenters. The molecule has 2 aromatic heterocycles. The van der Waals surface area contributed by atoms with Gasteiger partial charge in [-0.3, -0.25) is 4.40 Å². The lowest BCUT2D eigenvalue weighted by Gasteiger charge is -2.07. The maximum absolute atomic E-state index is 11.9. The van der Waals surface area contributed by atoms with Gasteiger partial charge in [-0.1, -0.05) is 17.7 Å². The maximum Gasteiger partial charge on any atom is 0.319 e. The molecule has 1 aromatic carbocycles. The highest BCUT2D eigenvalue weighted by Gasteiger charge is 2.08. The van der Waals surface area contributed by atoms with Crippen LogP contribution in [0.2, 0.25) is 5.02 Å². The number of pyridine rings is 1. The molecule has 0 saturated heterocycles. The molecule has 0 unspecified atom stereocenters. The van der Waals surface area contributed by atoms with Crippen LogP contribution in [-0.4, -0.2) is 20.6 Å². The fourth-order valence-electron chi connectivity index (χ4n) is 2.03. The molecule has 0 saturated carbocycles. The molecule has 2 N–H and O–H groups in total. The molecule has 3 rings (SSSR count). The molecule has 0 spiro atoms. The van der Waals surface area contributed by atoms with E-state index in [0.717, 1.165) is 0 Å². The molecule has 0 radical (unpaired) electrons. The van der Waals surface area contributed by atoms with Crippen LogP contribution < -0.4 is 10.6 Å². The number of nitrogens with one attached hydrogen (secondary N) is 2. The van der Waals surface area contributed by atoms with Gasteiger partial charge in [0.1, 0.15) is 6.07 Å². The predicted molar refractivity (Wildman–Crippen MR) is 85.0 cm³/mol. The van der Waals surface area contributed by atoms with E-state index in [0.29, 0.717) is 22.7 Å². The van der Waals surface area contributed by atoms with E-state index < -0.39 is 6.03 Å². The number of aromatic nitrogens is 3. The SMILES string of the molecule is N#Cc1ccc(NC(=O)NCc2nnc3ccccn23)cc1Cl. The molecule has 7 nitrogen and oxygen atoms in total. The number of carbonyl (C=O) groups is 1. The second-order valence-corrected chi connectivity index (χ2v) is 5.07. The van der Waals surface area contributed by atoms with Crippen molar-refractivity contribution in [2.24, 2.45) is 0 Å². The summed E-state index contributed by atoms with van der Waals surface area (Å²) in [6.45, 7) is 0.223. The third-order valence-electron chi connectivity index (χ3n) is 3.14. The summed E-state index contributed by atoms with van der Waals surface area (Å²) < 4.78 is 1.79. The van der Waals surface area contributed by atoms with Crippen molar-refractivity contribution in [3.8, 4) is 6.07 Å². The van der Waals surface area contributed by atoms with Gasteiger partial charge >= 0.3 is 6.03 Å². The van der Waals surface area contributed by atoms with Gasteiger partial charge in [0, 0.05) is 11.9 Å². The van der Waals surface area contributed by atoms with Crippen LogP contribution in [-0.2, 0) is 6.54 Å². The van der Waals surface area contributed by atoms with Gasteiger partial charge in [0.25, 0.3) is 0 Å². The molecular weight excluding hydrogens is 316 g/mol. The minimum atomic E-state index is -0.404. The summed E-state index contributed by atoms with van der Waals surface area (Å²) >= 11 is 5.92. The molecule has 0 aliphatic rings. The molecule has 2 amide bonds. The van der Waals surface area contributed by atoms with Crippen LogP contribution >= 0.6 is 11.6 Å². The Balaban J connectivity index is 1.64. The van der Waals surface area contributed by atoms with Crippen LogP contribution in [0.5, 0.6) is 0 Å². The van der Waals surface area contributed by atoms with E-state index in [1.54, 1.807) is 16.5 Å². The van der Waals surface area contributed by atoms with Crippen molar-refractivity contribution in [3.05, 3.63) is 59.0 Å². The smallest absolute Gasteiger partial charge is 0.319 e. The Hall–Kier alpha value is -3.11. The van der Waals surface area contributed by atoms with Crippen molar-refractivity contribution >= 4 is 29.0 Å². The molecule has 3 aromatic rings. The van der Waals surface area contributed by atoms with Crippen molar-refractivity contribution in [2.75, 3.05) is 5.32 Å². The first-order valence-electron chi connectivity index (χ1n) is 6.70. The van der Waals surface area contributed by atoms with E-state index in [1.165, 1.54) is 6.07 Å². The molecule has 2 heterocycles. The second-order valence-electron chi connectivity index (χ2n) is 4.66. The Morgan fingerprint density at radius 1 is 1.30 bits per heavy atom. The molecule has 0 aliphatic heterocycles. The Labute approximate surface area is 136 Å². The van der Waals surface area contributed by atoms with Crippen molar-refractivity contribution < 1.29 is 4.79 Å². The zero-order valence-electron chi connectivity index (χ0n) is 11.8. The Kier molecular flexibility index (Phi) is 4.08. The van der Waals surface area contributed by atoms with E-state index in [2.05, 4.69) is 20.8 Å². The van der Waals surface area contributed by atoms with E-state index in [4.69, 9.17) is 16.9 Å². The number of amides is 2. The maximum atomic E-state index is 11.9. The molecular formula is C15H11ClN6O. The number of halogens is 1. The van der Waals surface area contributed by atoms with E-state index in [9.17, 15) is 4.79 Å². The minimum Gasteiger partial charge on any atom is -0.331 e. The Morgan fingerprint density at radius 3 is 2.96 bits per heavy atom. The summed E-state index contributed by atoms with van der Waals surface area (Å²) in [6.07, 6.45) is 1.82. The van der Waals surface area contributed by atoms with Crippen LogP contribution in [0.1, 0.15) is 11.4 Å². The van der Waals surface area contributed by atoms with Crippen molar-refractivity contribution in [1.82, 2.24) is 19.9 Å². The number of anilines is 1. The van der Waals surface area contributed by atoms with Crippen LogP contribution in [0.25, 0.3) is 5.65 Å². The first kappa shape index (κ1) is 14.8. The predicted octanol–water partition coefficient (Wildman–Crippen LogP) is 2.58. The first-order valence-corrected chi connectivity index (χ1v) is 7.08. The normalized spacial score (nSPS) is 10.3. The summed E-state index contributed by atoms with van der Waals surface area (Å²) in [4.78, 5) is 11.9. The summed E-state index contributed by atoms with van der Waals surface area (Å²) in [5, 5.41) is 22.5. The summed E-state index contributed by atoms with van der Waals surface area (Å²) in [5.41, 5.74) is 1.56. The number of nitriles is 1. The monoisotopic (exact) mass is 326 g/mol. The fraction of sp³-hybridized carbons (Fsp3) is 0.0667. The number of urea groups is 1. The number of carbonyl (C=O) groups excluding carboxylic acids is 1. The van der Waals surface area contributed by atoms with Crippen molar-refractivity contribution in [3.63, 3.8) is 0 Å². The Bertz CT molecular complexity index is 914. The van der Waals surface area contributed by atoms with E-state index >= 15 is 0 Å². The lowest BCUT2D eigenvalue weighted by Crippen LogP contribution is -2.29. The zero-order valence-corrected chi connectivity index (χ0v) is 12.6. The molecule has 8 heteroatoms. The summed E-state index contributed by atoms with van der Waals surface area (Å²) in [6, 6.07) is 11.8. The van der Waals surface area contributed by atoms with Crippen LogP contribution in [0.15, 0.2) is 42.6 Å². The topological polar surface area (TPSA) is 95.1 Å². The van der Waals surface area contributed by atoms with E-state index in [1.807, 2.05) is 30.5 Å². The van der Waals surface area contributed by atoms with Gasteiger partial charge in [-0.25, -0.2) is 4.79 Å². The number of hydrogen-bond acceptors (Lipinski definition) is 4. The van der Waals surface area contributed by atoms with Crippen LogP contribution in [0, 0.1) is 11.3 Å². The van der Waals surface area contributed by atoms with Crippen LogP contribution in [0.4, 0.5) is 10.5 Å². The number of benzene rings is 1. The third kappa shape index (κ3) is 3.22. The van der Waals surface area contributed by atoms with Gasteiger partial charge in [0.05, 0.1) is 17.1 Å². The first-order chi connectivity index (χ1) is 11.2. The minimum absolute atomic E-state index is 0.223. The molecule has 114 valence electrons. The number of nitrogens with zero attached hydrogens (tertiary/aromatic N) is 4. The summed E-state index contributed by atoms with van der Waals surface area (Å²) in [5.74, 6) is 0.619. The highest BCUT2D eigenvalue weighted by Crippen LogP contribution is 2.20. The number of fused-ring (bicyclic) bond motifs is 1. The second kappa shape index (κ2) is 6.34. The van der Waals surface area contributed by atoms with Gasteiger partial charge in [-0.2, -0.15) is 5.26 Å². The largest absolute Gasteiger partial charge is 0.331 e. The highest BCUT2D eigenvalue weighted by molar-refractivity contribution is 6.32. The molecule has 0 bridgehead atoms. The van der Waals surface area contributed by atoms with Gasteiger partial charge < -0.3 is 10.6 Å². The van der Waals surface area contributed by atoms with Crippen molar-refractivity contribution in [2.45, 2.75) is 6.54 Å². The summed E-state index contributed by atoms with van der Waals surface area (Å²) in [7, 11) is 0. The van der Waals surface area contributed by atoms with Gasteiger partial charge in [-0.05, 0) is 30.3 Å². The van der Waals surface area contributed by atoms with Gasteiger partial charge in [0.2, 0.25) is 0 Å². The average Bonchev–Trinajstić information content (AvgIpc) is 2.96. The Morgan fingerprint density at radius 2 is 2.17 bits per heavy atom. The lowest BCUT2D eigenvalue weighted by atomic mass is 10.2. The van der Waals surface area contributed by atoms with Crippen molar-refractivity contribution in [1.29, 1.82) is 5.26 Å². The standard InChI is InChI=1S/C15H11ClN6O/c16-12-7-11(5-4-10(12)8-17)19-15(23)18-9-14-21-20-13-3-1-2-6-22(13)14/h1-7H,9H2,(H2,18,19,23). The number of rotatable bonds is 3.